The van der Waals surface area contributed by atoms with Crippen molar-refractivity contribution in [3.8, 4) is 0 Å². The number of anilines is 1. The van der Waals surface area contributed by atoms with E-state index in [4.69, 9.17) is 0 Å². The highest BCUT2D eigenvalue weighted by Gasteiger charge is 2.38. The minimum absolute atomic E-state index is 0.00899. The van der Waals surface area contributed by atoms with Crippen molar-refractivity contribution in [3.63, 3.8) is 0 Å². The summed E-state index contributed by atoms with van der Waals surface area (Å²) in [5, 5.41) is 14.5. The number of benzene rings is 3. The number of rotatable bonds is 7. The standard InChI is InChI=1S/C31H34N2O4/c34-28(20-23(21-29(35)36)25-12-7-9-22-8-1-2-10-24(22)25)32-27-13-4-3-11-26(27)30(37)33-18-16-31(17-19-33)14-5-6-15-31/h1-4,7-13,23H,5-6,14-21H2,(H,32,34)(H,35,36). The number of amides is 2. The van der Waals surface area contributed by atoms with E-state index in [1.807, 2.05) is 53.4 Å². The van der Waals surface area contributed by atoms with E-state index in [0.29, 0.717) is 16.7 Å². The van der Waals surface area contributed by atoms with Gasteiger partial charge in [0.2, 0.25) is 5.91 Å². The van der Waals surface area contributed by atoms with Crippen LogP contribution in [-0.4, -0.2) is 40.9 Å². The zero-order valence-electron chi connectivity index (χ0n) is 21.1. The first-order valence-electron chi connectivity index (χ1n) is 13.3. The molecule has 5 rings (SSSR count). The predicted molar refractivity (Wildman–Crippen MR) is 145 cm³/mol. The molecule has 1 aliphatic heterocycles. The van der Waals surface area contributed by atoms with E-state index in [1.165, 1.54) is 25.7 Å². The Morgan fingerprint density at radius 2 is 1.51 bits per heavy atom. The maximum atomic E-state index is 13.4. The number of nitrogens with one attached hydrogen (secondary N) is 1. The number of nitrogens with zero attached hydrogens (tertiary/aromatic N) is 1. The van der Waals surface area contributed by atoms with Gasteiger partial charge in [-0.1, -0.05) is 67.4 Å². The fourth-order valence-electron chi connectivity index (χ4n) is 6.29. The number of para-hydroxylation sites is 1. The van der Waals surface area contributed by atoms with Crippen molar-refractivity contribution in [3.05, 3.63) is 77.9 Å². The molecule has 0 aromatic heterocycles. The summed E-state index contributed by atoms with van der Waals surface area (Å²) in [6.07, 6.45) is 7.09. The van der Waals surface area contributed by atoms with E-state index >= 15 is 0 Å². The van der Waals surface area contributed by atoms with Gasteiger partial charge in [-0.15, -0.1) is 0 Å². The second kappa shape index (κ2) is 10.8. The summed E-state index contributed by atoms with van der Waals surface area (Å²) in [6.45, 7) is 1.51. The molecule has 1 unspecified atom stereocenters. The number of carboxylic acid groups (broad SMARTS) is 1. The maximum Gasteiger partial charge on any atom is 0.303 e. The van der Waals surface area contributed by atoms with E-state index in [9.17, 15) is 19.5 Å². The molecule has 3 aromatic rings. The van der Waals surface area contributed by atoms with Gasteiger partial charge < -0.3 is 15.3 Å². The number of aliphatic carboxylic acids is 1. The van der Waals surface area contributed by atoms with Gasteiger partial charge >= 0.3 is 5.97 Å². The lowest BCUT2D eigenvalue weighted by molar-refractivity contribution is -0.137. The molecule has 1 spiro atoms. The third-order valence-electron chi connectivity index (χ3n) is 8.32. The molecule has 2 N–H and O–H groups in total. The highest BCUT2D eigenvalue weighted by Crippen LogP contribution is 2.46. The van der Waals surface area contributed by atoms with Gasteiger partial charge in [0, 0.05) is 25.4 Å². The molecule has 1 saturated heterocycles. The average molecular weight is 499 g/mol. The number of fused-ring (bicyclic) bond motifs is 1. The van der Waals surface area contributed by atoms with Gasteiger partial charge in [-0.2, -0.15) is 0 Å². The molecule has 1 atom stereocenters. The average Bonchev–Trinajstić information content (AvgIpc) is 3.36. The summed E-state index contributed by atoms with van der Waals surface area (Å²) in [5.74, 6) is -1.80. The van der Waals surface area contributed by atoms with Gasteiger partial charge in [-0.3, -0.25) is 14.4 Å². The summed E-state index contributed by atoms with van der Waals surface area (Å²) in [5.41, 5.74) is 2.23. The van der Waals surface area contributed by atoms with Crippen LogP contribution in [0, 0.1) is 5.41 Å². The Hall–Kier alpha value is -3.67. The SMILES string of the molecule is O=C(O)CC(CC(=O)Nc1ccccc1C(=O)N1CCC2(CCCC2)CC1)c1cccc2ccccc12. The Labute approximate surface area is 217 Å². The minimum Gasteiger partial charge on any atom is -0.481 e. The molecular weight excluding hydrogens is 464 g/mol. The van der Waals surface area contributed by atoms with Crippen LogP contribution in [0.3, 0.4) is 0 Å². The van der Waals surface area contributed by atoms with E-state index in [2.05, 4.69) is 5.32 Å². The molecule has 2 fully saturated rings. The van der Waals surface area contributed by atoms with Crippen LogP contribution in [0.4, 0.5) is 5.69 Å². The number of carbonyl (C=O) groups is 3. The van der Waals surface area contributed by atoms with E-state index in [1.54, 1.807) is 18.2 Å². The first kappa shape index (κ1) is 25.0. The van der Waals surface area contributed by atoms with Crippen molar-refractivity contribution < 1.29 is 19.5 Å². The maximum absolute atomic E-state index is 13.4. The van der Waals surface area contributed by atoms with Gasteiger partial charge in [-0.25, -0.2) is 0 Å². The Bertz CT molecular complexity index is 1300. The van der Waals surface area contributed by atoms with Crippen LogP contribution >= 0.6 is 0 Å². The van der Waals surface area contributed by atoms with Gasteiger partial charge in [0.15, 0.2) is 0 Å². The molecule has 2 aliphatic rings. The molecule has 3 aromatic carbocycles. The highest BCUT2D eigenvalue weighted by atomic mass is 16.4. The first-order chi connectivity index (χ1) is 17.9. The molecule has 1 heterocycles. The fraction of sp³-hybridized carbons (Fsp3) is 0.387. The topological polar surface area (TPSA) is 86.7 Å². The molecular formula is C31H34N2O4. The van der Waals surface area contributed by atoms with Crippen LogP contribution in [0.5, 0.6) is 0 Å². The first-order valence-corrected chi connectivity index (χ1v) is 13.3. The van der Waals surface area contributed by atoms with Crippen LogP contribution in [0.1, 0.15) is 73.2 Å². The van der Waals surface area contributed by atoms with Gasteiger partial charge in [-0.05, 0) is 59.6 Å². The highest BCUT2D eigenvalue weighted by molar-refractivity contribution is 6.04. The second-order valence-corrected chi connectivity index (χ2v) is 10.7. The largest absolute Gasteiger partial charge is 0.481 e. The quantitative estimate of drug-likeness (QED) is 0.405. The lowest BCUT2D eigenvalue weighted by Crippen LogP contribution is -2.42. The van der Waals surface area contributed by atoms with Crippen molar-refractivity contribution in [2.75, 3.05) is 18.4 Å². The van der Waals surface area contributed by atoms with E-state index in [0.717, 1.165) is 42.3 Å². The zero-order valence-corrected chi connectivity index (χ0v) is 21.1. The summed E-state index contributed by atoms with van der Waals surface area (Å²) >= 11 is 0. The molecule has 1 saturated carbocycles. The summed E-state index contributed by atoms with van der Waals surface area (Å²) in [6, 6.07) is 20.7. The number of hydrogen-bond acceptors (Lipinski definition) is 3. The number of likely N-dealkylation sites (tertiary alicyclic amines) is 1. The summed E-state index contributed by atoms with van der Waals surface area (Å²) < 4.78 is 0. The Morgan fingerprint density at radius 3 is 2.27 bits per heavy atom. The molecule has 37 heavy (non-hydrogen) atoms. The molecule has 2 amide bonds. The molecule has 6 heteroatoms. The molecule has 192 valence electrons. The molecule has 1 aliphatic carbocycles. The smallest absolute Gasteiger partial charge is 0.303 e. The lowest BCUT2D eigenvalue weighted by atomic mass is 9.77. The summed E-state index contributed by atoms with van der Waals surface area (Å²) in [4.78, 5) is 40.2. The minimum atomic E-state index is -0.952. The third kappa shape index (κ3) is 5.53. The van der Waals surface area contributed by atoms with Gasteiger partial charge in [0.1, 0.15) is 0 Å². The van der Waals surface area contributed by atoms with E-state index < -0.39 is 11.9 Å². The number of hydrogen-bond donors (Lipinski definition) is 2. The van der Waals surface area contributed by atoms with Gasteiger partial charge in [0.05, 0.1) is 17.7 Å². The normalized spacial score (nSPS) is 17.6. The van der Waals surface area contributed by atoms with Crippen molar-refractivity contribution in [2.24, 2.45) is 5.41 Å². The monoisotopic (exact) mass is 498 g/mol. The fourth-order valence-corrected chi connectivity index (χ4v) is 6.29. The Kier molecular flexibility index (Phi) is 7.26. The second-order valence-electron chi connectivity index (χ2n) is 10.7. The van der Waals surface area contributed by atoms with Gasteiger partial charge in [0.25, 0.3) is 5.91 Å². The number of carboxylic acids is 1. The van der Waals surface area contributed by atoms with E-state index in [-0.39, 0.29) is 24.7 Å². The van der Waals surface area contributed by atoms with Crippen LogP contribution in [0.15, 0.2) is 66.7 Å². The summed E-state index contributed by atoms with van der Waals surface area (Å²) in [7, 11) is 0. The molecule has 0 radical (unpaired) electrons. The van der Waals surface area contributed by atoms with Crippen molar-refractivity contribution in [1.82, 2.24) is 4.90 Å². The van der Waals surface area contributed by atoms with Crippen LogP contribution in [0.25, 0.3) is 10.8 Å². The van der Waals surface area contributed by atoms with Crippen molar-refractivity contribution >= 4 is 34.2 Å². The predicted octanol–water partition coefficient (Wildman–Crippen LogP) is 6.22. The van der Waals surface area contributed by atoms with Crippen LogP contribution in [-0.2, 0) is 9.59 Å². The lowest BCUT2D eigenvalue weighted by Gasteiger charge is -2.39. The number of carbonyl (C=O) groups excluding carboxylic acids is 2. The molecule has 0 bridgehead atoms. The Morgan fingerprint density at radius 1 is 0.838 bits per heavy atom. The zero-order chi connectivity index (χ0) is 25.8. The van der Waals surface area contributed by atoms with Crippen molar-refractivity contribution in [2.45, 2.75) is 57.3 Å². The van der Waals surface area contributed by atoms with Crippen LogP contribution < -0.4 is 5.32 Å². The number of piperidine rings is 1. The van der Waals surface area contributed by atoms with Crippen molar-refractivity contribution in [1.29, 1.82) is 0 Å². The Balaban J connectivity index is 1.31. The molecule has 6 nitrogen and oxygen atoms in total. The van der Waals surface area contributed by atoms with Crippen LogP contribution in [0.2, 0.25) is 0 Å². The third-order valence-corrected chi connectivity index (χ3v) is 8.32.